The zero-order chi connectivity index (χ0) is 29.5. The average Bonchev–Trinajstić information content (AvgIpc) is 3.48. The van der Waals surface area contributed by atoms with Gasteiger partial charge in [-0.15, -0.1) is 11.3 Å². The lowest BCUT2D eigenvalue weighted by Crippen LogP contribution is -1.88. The zero-order valence-electron chi connectivity index (χ0n) is 24.2. The molecule has 3 aromatic heterocycles. The van der Waals surface area contributed by atoms with Crippen molar-refractivity contribution >= 4 is 85.6 Å². The Kier molecular flexibility index (Phi) is 5.19. The fourth-order valence-electron chi connectivity index (χ4n) is 7.19. The second kappa shape index (κ2) is 9.43. The first-order chi connectivity index (χ1) is 22.3. The molecule has 3 heterocycles. The van der Waals surface area contributed by atoms with Crippen molar-refractivity contribution in [3.63, 3.8) is 0 Å². The average molecular weight is 589 g/mol. The summed E-state index contributed by atoms with van der Waals surface area (Å²) in [4.78, 5) is 9.80. The molecule has 0 aliphatic heterocycles. The van der Waals surface area contributed by atoms with E-state index >= 15 is 0 Å². The van der Waals surface area contributed by atoms with E-state index in [1.165, 1.54) is 63.6 Å². The maximum absolute atomic E-state index is 5.14. The van der Waals surface area contributed by atoms with Gasteiger partial charge in [-0.1, -0.05) is 103 Å². The highest BCUT2D eigenvalue weighted by Crippen LogP contribution is 2.43. The quantitative estimate of drug-likeness (QED) is 0.188. The normalized spacial score (nSPS) is 12.0. The summed E-state index contributed by atoms with van der Waals surface area (Å²) in [7, 11) is 0. The Labute approximate surface area is 262 Å². The van der Waals surface area contributed by atoms with E-state index in [0.29, 0.717) is 0 Å². The van der Waals surface area contributed by atoms with Gasteiger partial charge in [0.1, 0.15) is 0 Å². The van der Waals surface area contributed by atoms with Crippen LogP contribution in [0.5, 0.6) is 0 Å². The van der Waals surface area contributed by atoms with Gasteiger partial charge in [0.15, 0.2) is 0 Å². The summed E-state index contributed by atoms with van der Waals surface area (Å²) in [5, 5.41) is 12.6. The number of benzene rings is 7. The molecule has 0 fully saturated rings. The van der Waals surface area contributed by atoms with Crippen LogP contribution in [-0.4, -0.2) is 9.97 Å². The van der Waals surface area contributed by atoms with Gasteiger partial charge in [0.2, 0.25) is 0 Å². The van der Waals surface area contributed by atoms with Crippen molar-refractivity contribution in [1.82, 2.24) is 9.97 Å². The molecular formula is C42H24N2S. The highest BCUT2D eigenvalue weighted by Gasteiger charge is 2.15. The van der Waals surface area contributed by atoms with Crippen molar-refractivity contribution in [2.24, 2.45) is 0 Å². The Morgan fingerprint density at radius 1 is 0.422 bits per heavy atom. The molecule has 10 aromatic rings. The number of hydrogen-bond donors (Lipinski definition) is 0. The van der Waals surface area contributed by atoms with E-state index in [0.717, 1.165) is 33.1 Å². The van der Waals surface area contributed by atoms with Crippen LogP contribution in [0.25, 0.3) is 96.7 Å². The summed E-state index contributed by atoms with van der Waals surface area (Å²) in [6.45, 7) is 0. The molecule has 0 amide bonds. The lowest BCUT2D eigenvalue weighted by atomic mass is 9.89. The molecule has 0 saturated carbocycles. The minimum Gasteiger partial charge on any atom is -0.254 e. The van der Waals surface area contributed by atoms with Gasteiger partial charge >= 0.3 is 0 Å². The molecule has 7 aromatic carbocycles. The van der Waals surface area contributed by atoms with Crippen molar-refractivity contribution in [3.8, 4) is 22.4 Å². The summed E-state index contributed by atoms with van der Waals surface area (Å²) in [5.41, 5.74) is 6.47. The number of fused-ring (bicyclic) bond motifs is 12. The van der Waals surface area contributed by atoms with E-state index < -0.39 is 0 Å². The number of pyridine rings is 2. The van der Waals surface area contributed by atoms with Crippen LogP contribution < -0.4 is 0 Å². The smallest absolute Gasteiger partial charge is 0.0972 e. The minimum absolute atomic E-state index is 0.943. The number of nitrogens with zero attached hydrogens (tertiary/aromatic N) is 2. The molecule has 0 unspecified atom stereocenters. The number of rotatable bonds is 2. The predicted molar refractivity (Wildman–Crippen MR) is 193 cm³/mol. The van der Waals surface area contributed by atoms with Crippen molar-refractivity contribution in [1.29, 1.82) is 0 Å². The largest absolute Gasteiger partial charge is 0.254 e. The molecule has 0 N–H and O–H groups in total. The third-order valence-electron chi connectivity index (χ3n) is 9.28. The first kappa shape index (κ1) is 24.8. The topological polar surface area (TPSA) is 25.8 Å². The third-order valence-corrected chi connectivity index (χ3v) is 10.4. The summed E-state index contributed by atoms with van der Waals surface area (Å²) < 4.78 is 2.58. The first-order valence-electron chi connectivity index (χ1n) is 15.2. The Morgan fingerprint density at radius 2 is 1.02 bits per heavy atom. The summed E-state index contributed by atoms with van der Waals surface area (Å²) in [6.07, 6.45) is 1.85. The van der Waals surface area contributed by atoms with E-state index in [1.807, 2.05) is 23.6 Å². The molecule has 0 bridgehead atoms. The monoisotopic (exact) mass is 588 g/mol. The number of hydrogen-bond acceptors (Lipinski definition) is 3. The number of aromatic nitrogens is 2. The molecule has 10 rings (SSSR count). The van der Waals surface area contributed by atoms with Gasteiger partial charge in [-0.05, 0) is 79.8 Å². The molecule has 0 saturated heterocycles. The predicted octanol–water partition coefficient (Wildman–Crippen LogP) is 11.9. The van der Waals surface area contributed by atoms with Gasteiger partial charge in [0.25, 0.3) is 0 Å². The molecule has 0 atom stereocenters. The van der Waals surface area contributed by atoms with Crippen LogP contribution in [0.4, 0.5) is 0 Å². The standard InChI is InChI=1S/C42H24N2S/c1-2-9-32-30(8-1)31-10-3-4-11-33(31)40-29(12-5-13-34(32)40)27-17-20-38-35(23-27)36-24-28(18-21-39(36)45-38)37-19-16-26-15-14-25-7-6-22-43-41(25)42(26)44-37/h1-24H. The molecular weight excluding hydrogens is 565 g/mol. The van der Waals surface area contributed by atoms with Crippen LogP contribution >= 0.6 is 11.3 Å². The third kappa shape index (κ3) is 3.68. The van der Waals surface area contributed by atoms with Crippen LogP contribution in [0.3, 0.4) is 0 Å². The van der Waals surface area contributed by atoms with E-state index in [4.69, 9.17) is 4.98 Å². The molecule has 3 heteroatoms. The van der Waals surface area contributed by atoms with Gasteiger partial charge in [-0.2, -0.15) is 0 Å². The van der Waals surface area contributed by atoms with Crippen molar-refractivity contribution < 1.29 is 0 Å². The molecule has 2 nitrogen and oxygen atoms in total. The second-order valence-electron chi connectivity index (χ2n) is 11.8. The first-order valence-corrected chi connectivity index (χ1v) is 16.1. The zero-order valence-corrected chi connectivity index (χ0v) is 25.0. The summed E-state index contributed by atoms with van der Waals surface area (Å²) in [5.74, 6) is 0. The van der Waals surface area contributed by atoms with Crippen LogP contribution in [0.2, 0.25) is 0 Å². The van der Waals surface area contributed by atoms with E-state index in [-0.39, 0.29) is 0 Å². The summed E-state index contributed by atoms with van der Waals surface area (Å²) in [6, 6.07) is 50.7. The van der Waals surface area contributed by atoms with Crippen molar-refractivity contribution in [2.75, 3.05) is 0 Å². The van der Waals surface area contributed by atoms with Crippen LogP contribution in [0.15, 0.2) is 146 Å². The Morgan fingerprint density at radius 3 is 1.78 bits per heavy atom. The van der Waals surface area contributed by atoms with E-state index in [2.05, 4.69) is 138 Å². The van der Waals surface area contributed by atoms with E-state index in [1.54, 1.807) is 0 Å². The van der Waals surface area contributed by atoms with Crippen LogP contribution in [0.1, 0.15) is 0 Å². The Bertz CT molecular complexity index is 2780. The Hall–Kier alpha value is -5.64. The molecule has 0 spiro atoms. The lowest BCUT2D eigenvalue weighted by Gasteiger charge is -2.14. The lowest BCUT2D eigenvalue weighted by molar-refractivity contribution is 1.37. The van der Waals surface area contributed by atoms with Crippen LogP contribution in [-0.2, 0) is 0 Å². The SMILES string of the molecule is c1cnc2c(c1)ccc1ccc(-c3ccc4sc5ccc(-c6cccc7c8ccccc8c8ccccc8c67)cc5c4c3)nc12. The number of thiophene rings is 1. The fraction of sp³-hybridized carbons (Fsp3) is 0. The molecule has 45 heavy (non-hydrogen) atoms. The second-order valence-corrected chi connectivity index (χ2v) is 12.8. The van der Waals surface area contributed by atoms with Crippen LogP contribution in [0, 0.1) is 0 Å². The molecule has 0 aliphatic rings. The summed E-state index contributed by atoms with van der Waals surface area (Å²) >= 11 is 1.85. The maximum Gasteiger partial charge on any atom is 0.0972 e. The van der Waals surface area contributed by atoms with Gasteiger partial charge in [0.05, 0.1) is 16.7 Å². The van der Waals surface area contributed by atoms with Gasteiger partial charge in [-0.3, -0.25) is 4.98 Å². The van der Waals surface area contributed by atoms with Gasteiger partial charge in [0, 0.05) is 42.7 Å². The fourth-order valence-corrected chi connectivity index (χ4v) is 8.25. The van der Waals surface area contributed by atoms with Crippen molar-refractivity contribution in [3.05, 3.63) is 146 Å². The Balaban J connectivity index is 1.19. The minimum atomic E-state index is 0.943. The highest BCUT2D eigenvalue weighted by atomic mass is 32.1. The highest BCUT2D eigenvalue weighted by molar-refractivity contribution is 7.25. The van der Waals surface area contributed by atoms with Gasteiger partial charge < -0.3 is 0 Å². The van der Waals surface area contributed by atoms with E-state index in [9.17, 15) is 0 Å². The maximum atomic E-state index is 5.14. The van der Waals surface area contributed by atoms with Gasteiger partial charge in [-0.25, -0.2) is 4.98 Å². The van der Waals surface area contributed by atoms with Crippen molar-refractivity contribution in [2.45, 2.75) is 0 Å². The molecule has 0 radical (unpaired) electrons. The molecule has 0 aliphatic carbocycles. The molecule has 208 valence electrons.